The summed E-state index contributed by atoms with van der Waals surface area (Å²) in [5.41, 5.74) is 1.93. The molecule has 2 saturated heterocycles. The standard InChI is InChI=1S/C17H24N2O4/c1-13-3-2-4-16(19(20)21)17(13)18-8-5-15(6-9-18)23-12-14-7-10-22-11-14/h2-4,14-15H,5-12H2,1H3. The van der Waals surface area contributed by atoms with Gasteiger partial charge in [0.05, 0.1) is 24.2 Å². The van der Waals surface area contributed by atoms with E-state index < -0.39 is 0 Å². The number of para-hydroxylation sites is 1. The van der Waals surface area contributed by atoms with Gasteiger partial charge in [-0.05, 0) is 31.7 Å². The fourth-order valence-corrected chi connectivity index (χ4v) is 3.44. The van der Waals surface area contributed by atoms with Gasteiger partial charge in [0.25, 0.3) is 5.69 Å². The quantitative estimate of drug-likeness (QED) is 0.616. The van der Waals surface area contributed by atoms with Gasteiger partial charge in [0.1, 0.15) is 5.69 Å². The Morgan fingerprint density at radius 1 is 1.35 bits per heavy atom. The van der Waals surface area contributed by atoms with E-state index in [9.17, 15) is 10.1 Å². The number of piperidine rings is 1. The summed E-state index contributed by atoms with van der Waals surface area (Å²) in [6, 6.07) is 5.27. The number of benzene rings is 1. The van der Waals surface area contributed by atoms with Crippen LogP contribution in [0.5, 0.6) is 0 Å². The summed E-state index contributed by atoms with van der Waals surface area (Å²) in [4.78, 5) is 13.1. The maximum atomic E-state index is 11.3. The second-order valence-corrected chi connectivity index (χ2v) is 6.45. The number of hydrogen-bond acceptors (Lipinski definition) is 5. The number of rotatable bonds is 5. The molecule has 2 aliphatic heterocycles. The van der Waals surface area contributed by atoms with Crippen LogP contribution in [-0.4, -0.2) is 43.9 Å². The van der Waals surface area contributed by atoms with Crippen LogP contribution in [0.2, 0.25) is 0 Å². The zero-order valence-corrected chi connectivity index (χ0v) is 13.6. The predicted molar refractivity (Wildman–Crippen MR) is 87.9 cm³/mol. The van der Waals surface area contributed by atoms with Crippen molar-refractivity contribution in [1.29, 1.82) is 0 Å². The molecule has 23 heavy (non-hydrogen) atoms. The van der Waals surface area contributed by atoms with Crippen LogP contribution in [0.15, 0.2) is 18.2 Å². The van der Waals surface area contributed by atoms with Gasteiger partial charge in [-0.15, -0.1) is 0 Å². The van der Waals surface area contributed by atoms with Crippen molar-refractivity contribution >= 4 is 11.4 Å². The highest BCUT2D eigenvalue weighted by atomic mass is 16.6. The van der Waals surface area contributed by atoms with Gasteiger partial charge in [0, 0.05) is 31.7 Å². The van der Waals surface area contributed by atoms with Crippen molar-refractivity contribution in [2.45, 2.75) is 32.3 Å². The fraction of sp³-hybridized carbons (Fsp3) is 0.647. The lowest BCUT2D eigenvalue weighted by atomic mass is 10.0. The number of nitro benzene ring substituents is 1. The molecule has 0 saturated carbocycles. The molecule has 6 heteroatoms. The minimum Gasteiger partial charge on any atom is -0.381 e. The van der Waals surface area contributed by atoms with Gasteiger partial charge in [-0.2, -0.15) is 0 Å². The van der Waals surface area contributed by atoms with Crippen molar-refractivity contribution in [1.82, 2.24) is 0 Å². The second-order valence-electron chi connectivity index (χ2n) is 6.45. The van der Waals surface area contributed by atoms with Gasteiger partial charge in [-0.3, -0.25) is 10.1 Å². The third kappa shape index (κ3) is 3.82. The molecule has 0 amide bonds. The molecule has 126 valence electrons. The Morgan fingerprint density at radius 3 is 2.78 bits per heavy atom. The van der Waals surface area contributed by atoms with E-state index in [0.717, 1.165) is 63.4 Å². The van der Waals surface area contributed by atoms with Crippen LogP contribution in [0, 0.1) is 23.0 Å². The SMILES string of the molecule is Cc1cccc([N+](=O)[O-])c1N1CCC(OCC2CCOC2)CC1. The molecule has 3 rings (SSSR count). The molecule has 1 aromatic carbocycles. The average molecular weight is 320 g/mol. The first-order chi connectivity index (χ1) is 11.1. The first-order valence-corrected chi connectivity index (χ1v) is 8.33. The van der Waals surface area contributed by atoms with Crippen LogP contribution in [0.4, 0.5) is 11.4 Å². The molecule has 1 atom stereocenters. The summed E-state index contributed by atoms with van der Waals surface area (Å²) in [6.45, 7) is 5.98. The number of anilines is 1. The minimum absolute atomic E-state index is 0.201. The smallest absolute Gasteiger partial charge is 0.292 e. The summed E-state index contributed by atoms with van der Waals surface area (Å²) in [5.74, 6) is 0.533. The van der Waals surface area contributed by atoms with Gasteiger partial charge in [0.2, 0.25) is 0 Å². The Labute approximate surface area is 136 Å². The maximum Gasteiger partial charge on any atom is 0.292 e. The van der Waals surface area contributed by atoms with Crippen LogP contribution in [-0.2, 0) is 9.47 Å². The molecular formula is C17H24N2O4. The monoisotopic (exact) mass is 320 g/mol. The molecule has 2 fully saturated rings. The van der Waals surface area contributed by atoms with Crippen molar-refractivity contribution in [2.75, 3.05) is 37.8 Å². The summed E-state index contributed by atoms with van der Waals surface area (Å²) in [7, 11) is 0. The number of nitrogens with zero attached hydrogens (tertiary/aromatic N) is 2. The van der Waals surface area contributed by atoms with E-state index >= 15 is 0 Å². The van der Waals surface area contributed by atoms with Crippen molar-refractivity contribution < 1.29 is 14.4 Å². The molecule has 0 aliphatic carbocycles. The molecule has 1 aromatic rings. The normalized spacial score (nSPS) is 22.5. The highest BCUT2D eigenvalue weighted by molar-refractivity contribution is 5.67. The van der Waals surface area contributed by atoms with E-state index in [4.69, 9.17) is 9.47 Å². The summed E-state index contributed by atoms with van der Waals surface area (Å²) < 4.78 is 11.4. The number of aryl methyl sites for hydroxylation is 1. The van der Waals surface area contributed by atoms with Crippen LogP contribution < -0.4 is 4.90 Å². The highest BCUT2D eigenvalue weighted by Crippen LogP contribution is 2.33. The third-order valence-corrected chi connectivity index (χ3v) is 4.76. The molecule has 6 nitrogen and oxygen atoms in total. The second kappa shape index (κ2) is 7.27. The molecule has 0 radical (unpaired) electrons. The van der Waals surface area contributed by atoms with E-state index in [1.807, 2.05) is 13.0 Å². The topological polar surface area (TPSA) is 64.8 Å². The van der Waals surface area contributed by atoms with Gasteiger partial charge in [-0.1, -0.05) is 12.1 Å². The van der Waals surface area contributed by atoms with E-state index in [1.54, 1.807) is 12.1 Å². The van der Waals surface area contributed by atoms with Crippen LogP contribution >= 0.6 is 0 Å². The fourth-order valence-electron chi connectivity index (χ4n) is 3.44. The van der Waals surface area contributed by atoms with E-state index in [1.165, 1.54) is 0 Å². The number of nitro groups is 1. The van der Waals surface area contributed by atoms with E-state index in [2.05, 4.69) is 4.90 Å². The summed E-state index contributed by atoms with van der Waals surface area (Å²) >= 11 is 0. The lowest BCUT2D eigenvalue weighted by Gasteiger charge is -2.34. The lowest BCUT2D eigenvalue weighted by molar-refractivity contribution is -0.384. The molecule has 1 unspecified atom stereocenters. The molecule has 0 bridgehead atoms. The lowest BCUT2D eigenvalue weighted by Crippen LogP contribution is -2.38. The highest BCUT2D eigenvalue weighted by Gasteiger charge is 2.27. The van der Waals surface area contributed by atoms with Gasteiger partial charge < -0.3 is 14.4 Å². The Bertz CT molecular complexity index is 550. The molecule has 0 spiro atoms. The Kier molecular flexibility index (Phi) is 5.13. The number of hydrogen-bond donors (Lipinski definition) is 0. The Morgan fingerprint density at radius 2 is 2.13 bits per heavy atom. The predicted octanol–water partition coefficient (Wildman–Crippen LogP) is 2.93. The zero-order chi connectivity index (χ0) is 16.2. The summed E-state index contributed by atoms with van der Waals surface area (Å²) in [6.07, 6.45) is 3.18. The average Bonchev–Trinajstić information content (AvgIpc) is 3.07. The Balaban J connectivity index is 1.57. The van der Waals surface area contributed by atoms with Gasteiger partial charge in [0.15, 0.2) is 0 Å². The molecule has 0 N–H and O–H groups in total. The van der Waals surface area contributed by atoms with E-state index in [0.29, 0.717) is 5.92 Å². The van der Waals surface area contributed by atoms with Gasteiger partial charge >= 0.3 is 0 Å². The van der Waals surface area contributed by atoms with E-state index in [-0.39, 0.29) is 16.7 Å². The summed E-state index contributed by atoms with van der Waals surface area (Å²) in [5, 5.41) is 11.3. The molecule has 2 aliphatic rings. The molecular weight excluding hydrogens is 296 g/mol. The maximum absolute atomic E-state index is 11.3. The first-order valence-electron chi connectivity index (χ1n) is 8.33. The minimum atomic E-state index is -0.287. The largest absolute Gasteiger partial charge is 0.381 e. The molecule has 0 aromatic heterocycles. The molecule has 2 heterocycles. The van der Waals surface area contributed by atoms with Gasteiger partial charge in [-0.25, -0.2) is 0 Å². The van der Waals surface area contributed by atoms with Crippen LogP contribution in [0.3, 0.4) is 0 Å². The van der Waals surface area contributed by atoms with Crippen molar-refractivity contribution in [3.8, 4) is 0 Å². The zero-order valence-electron chi connectivity index (χ0n) is 13.6. The Hall–Kier alpha value is -1.66. The van der Waals surface area contributed by atoms with Crippen molar-refractivity contribution in [3.05, 3.63) is 33.9 Å². The third-order valence-electron chi connectivity index (χ3n) is 4.76. The first kappa shape index (κ1) is 16.2. The van der Waals surface area contributed by atoms with Crippen molar-refractivity contribution in [2.24, 2.45) is 5.92 Å². The number of ether oxygens (including phenoxy) is 2. The van der Waals surface area contributed by atoms with Crippen molar-refractivity contribution in [3.63, 3.8) is 0 Å². The van der Waals surface area contributed by atoms with Crippen LogP contribution in [0.25, 0.3) is 0 Å². The van der Waals surface area contributed by atoms with Crippen LogP contribution in [0.1, 0.15) is 24.8 Å².